The van der Waals surface area contributed by atoms with Crippen molar-refractivity contribution in [3.63, 3.8) is 0 Å². The van der Waals surface area contributed by atoms with Gasteiger partial charge in [0.25, 0.3) is 0 Å². The maximum Gasteiger partial charge on any atom is 0.126 e. The molecule has 1 aliphatic heterocycles. The van der Waals surface area contributed by atoms with Crippen molar-refractivity contribution in [3.05, 3.63) is 23.9 Å². The van der Waals surface area contributed by atoms with Crippen molar-refractivity contribution < 1.29 is 0 Å². The molecule has 2 rings (SSSR count). The Balaban J connectivity index is 1.93. The molecule has 1 N–H and O–H groups in total. The highest BCUT2D eigenvalue weighted by molar-refractivity contribution is 8.00. The molecular formula is C14H23N3S. The number of rotatable bonds is 5. The lowest BCUT2D eigenvalue weighted by molar-refractivity contribution is 0.270. The second-order valence-corrected chi connectivity index (χ2v) is 6.09. The lowest BCUT2D eigenvalue weighted by Gasteiger charge is -2.31. The zero-order chi connectivity index (χ0) is 12.8. The van der Waals surface area contributed by atoms with E-state index in [9.17, 15) is 0 Å². The molecule has 0 spiro atoms. The van der Waals surface area contributed by atoms with Crippen molar-refractivity contribution in [1.82, 2.24) is 9.88 Å². The number of pyridine rings is 1. The average Bonchev–Trinajstić information content (AvgIpc) is 2.40. The standard InChI is InChI=1S/C14H23N3S/c1-3-13-11-17(8-9-18-13)10-12-6-5-7-14(16-12)15-4-2/h5-7,13H,3-4,8-11H2,1-2H3,(H,15,16). The van der Waals surface area contributed by atoms with Gasteiger partial charge < -0.3 is 5.32 Å². The third-order valence-corrected chi connectivity index (χ3v) is 4.60. The summed E-state index contributed by atoms with van der Waals surface area (Å²) in [5.41, 5.74) is 1.18. The van der Waals surface area contributed by atoms with Crippen molar-refractivity contribution >= 4 is 17.6 Å². The first-order chi connectivity index (χ1) is 8.81. The van der Waals surface area contributed by atoms with Gasteiger partial charge in [-0.1, -0.05) is 13.0 Å². The number of thioether (sulfide) groups is 1. The van der Waals surface area contributed by atoms with Gasteiger partial charge in [-0.3, -0.25) is 4.90 Å². The Morgan fingerprint density at radius 3 is 3.11 bits per heavy atom. The van der Waals surface area contributed by atoms with Crippen LogP contribution >= 0.6 is 11.8 Å². The van der Waals surface area contributed by atoms with Gasteiger partial charge in [0, 0.05) is 37.2 Å². The largest absolute Gasteiger partial charge is 0.370 e. The maximum absolute atomic E-state index is 4.65. The van der Waals surface area contributed by atoms with E-state index in [1.54, 1.807) is 0 Å². The SMILES string of the molecule is CCNc1cccc(CN2CCSC(CC)C2)n1. The van der Waals surface area contributed by atoms with Gasteiger partial charge in [0.2, 0.25) is 0 Å². The van der Waals surface area contributed by atoms with E-state index in [0.29, 0.717) is 0 Å². The Morgan fingerprint density at radius 1 is 1.44 bits per heavy atom. The highest BCUT2D eigenvalue weighted by Crippen LogP contribution is 2.22. The number of anilines is 1. The second-order valence-electron chi connectivity index (χ2n) is 4.68. The van der Waals surface area contributed by atoms with Gasteiger partial charge in [-0.25, -0.2) is 4.98 Å². The van der Waals surface area contributed by atoms with Crippen LogP contribution in [-0.4, -0.2) is 40.5 Å². The minimum absolute atomic E-state index is 0.802. The summed E-state index contributed by atoms with van der Waals surface area (Å²) in [5, 5.41) is 4.07. The molecule has 18 heavy (non-hydrogen) atoms. The highest BCUT2D eigenvalue weighted by atomic mass is 32.2. The van der Waals surface area contributed by atoms with Gasteiger partial charge in [-0.15, -0.1) is 0 Å². The van der Waals surface area contributed by atoms with Crippen LogP contribution in [0.25, 0.3) is 0 Å². The van der Waals surface area contributed by atoms with Crippen molar-refractivity contribution in [3.8, 4) is 0 Å². The molecular weight excluding hydrogens is 242 g/mol. The van der Waals surface area contributed by atoms with E-state index in [-0.39, 0.29) is 0 Å². The first kappa shape index (κ1) is 13.7. The lowest BCUT2D eigenvalue weighted by Crippen LogP contribution is -2.37. The zero-order valence-electron chi connectivity index (χ0n) is 11.4. The van der Waals surface area contributed by atoms with E-state index < -0.39 is 0 Å². The first-order valence-electron chi connectivity index (χ1n) is 6.85. The molecule has 1 aromatic heterocycles. The number of aromatic nitrogens is 1. The fraction of sp³-hybridized carbons (Fsp3) is 0.643. The van der Waals surface area contributed by atoms with Gasteiger partial charge in [-0.2, -0.15) is 11.8 Å². The minimum Gasteiger partial charge on any atom is -0.370 e. The first-order valence-corrected chi connectivity index (χ1v) is 7.90. The van der Waals surface area contributed by atoms with E-state index >= 15 is 0 Å². The van der Waals surface area contributed by atoms with E-state index in [4.69, 9.17) is 0 Å². The van der Waals surface area contributed by atoms with Crippen LogP contribution in [0.2, 0.25) is 0 Å². The molecule has 4 heteroatoms. The summed E-state index contributed by atoms with van der Waals surface area (Å²) < 4.78 is 0. The fourth-order valence-corrected chi connectivity index (χ4v) is 3.50. The van der Waals surface area contributed by atoms with Crippen LogP contribution in [0.3, 0.4) is 0 Å². The quantitative estimate of drug-likeness (QED) is 0.886. The molecule has 2 heterocycles. The van der Waals surface area contributed by atoms with Crippen molar-refractivity contribution in [2.45, 2.75) is 32.1 Å². The molecule has 100 valence electrons. The lowest BCUT2D eigenvalue weighted by atomic mass is 10.2. The summed E-state index contributed by atoms with van der Waals surface area (Å²) in [5.74, 6) is 2.25. The molecule has 0 aromatic carbocycles. The molecule has 0 bridgehead atoms. The minimum atomic E-state index is 0.802. The van der Waals surface area contributed by atoms with Crippen molar-refractivity contribution in [2.24, 2.45) is 0 Å². The Bertz CT molecular complexity index is 370. The molecule has 0 radical (unpaired) electrons. The Hall–Kier alpha value is -0.740. The molecule has 1 atom stereocenters. The smallest absolute Gasteiger partial charge is 0.126 e. The summed E-state index contributed by atoms with van der Waals surface area (Å²) in [6, 6.07) is 6.26. The molecule has 0 saturated carbocycles. The van der Waals surface area contributed by atoms with Crippen LogP contribution in [0, 0.1) is 0 Å². The Kier molecular flexibility index (Phi) is 5.32. The summed E-state index contributed by atoms with van der Waals surface area (Å²) in [7, 11) is 0. The number of hydrogen-bond acceptors (Lipinski definition) is 4. The van der Waals surface area contributed by atoms with Gasteiger partial charge in [0.05, 0.1) is 5.69 Å². The molecule has 1 saturated heterocycles. The monoisotopic (exact) mass is 265 g/mol. The molecule has 3 nitrogen and oxygen atoms in total. The van der Waals surface area contributed by atoms with Gasteiger partial charge in [-0.05, 0) is 25.5 Å². The van der Waals surface area contributed by atoms with Crippen LogP contribution in [0.15, 0.2) is 18.2 Å². The van der Waals surface area contributed by atoms with E-state index in [1.807, 2.05) is 6.07 Å². The molecule has 0 amide bonds. The summed E-state index contributed by atoms with van der Waals surface area (Å²) >= 11 is 2.11. The van der Waals surface area contributed by atoms with E-state index in [0.717, 1.165) is 24.2 Å². The van der Waals surface area contributed by atoms with Gasteiger partial charge in [0.15, 0.2) is 0 Å². The third-order valence-electron chi connectivity index (χ3n) is 3.23. The molecule has 1 unspecified atom stereocenters. The van der Waals surface area contributed by atoms with Gasteiger partial charge in [0.1, 0.15) is 5.82 Å². The van der Waals surface area contributed by atoms with Crippen molar-refractivity contribution in [1.29, 1.82) is 0 Å². The summed E-state index contributed by atoms with van der Waals surface area (Å²) in [6.07, 6.45) is 1.27. The van der Waals surface area contributed by atoms with Crippen LogP contribution in [0.5, 0.6) is 0 Å². The predicted octanol–water partition coefficient (Wildman–Crippen LogP) is 2.84. The number of hydrogen-bond donors (Lipinski definition) is 1. The van der Waals surface area contributed by atoms with E-state index in [2.05, 4.69) is 52.9 Å². The maximum atomic E-state index is 4.65. The topological polar surface area (TPSA) is 28.2 Å². The number of nitrogens with zero attached hydrogens (tertiary/aromatic N) is 2. The van der Waals surface area contributed by atoms with Crippen LogP contribution in [-0.2, 0) is 6.54 Å². The average molecular weight is 265 g/mol. The summed E-state index contributed by atoms with van der Waals surface area (Å²) in [4.78, 5) is 7.18. The molecule has 1 fully saturated rings. The Morgan fingerprint density at radius 2 is 2.33 bits per heavy atom. The molecule has 0 aliphatic carbocycles. The molecule has 1 aromatic rings. The molecule has 1 aliphatic rings. The number of nitrogens with one attached hydrogen (secondary N) is 1. The van der Waals surface area contributed by atoms with Crippen LogP contribution < -0.4 is 5.32 Å². The van der Waals surface area contributed by atoms with Crippen LogP contribution in [0.4, 0.5) is 5.82 Å². The van der Waals surface area contributed by atoms with Crippen molar-refractivity contribution in [2.75, 3.05) is 30.7 Å². The third kappa shape index (κ3) is 3.89. The zero-order valence-corrected chi connectivity index (χ0v) is 12.2. The van der Waals surface area contributed by atoms with Crippen LogP contribution in [0.1, 0.15) is 26.0 Å². The normalized spacial score (nSPS) is 20.9. The van der Waals surface area contributed by atoms with Gasteiger partial charge >= 0.3 is 0 Å². The Labute approximate surface area is 114 Å². The highest BCUT2D eigenvalue weighted by Gasteiger charge is 2.19. The van der Waals surface area contributed by atoms with E-state index in [1.165, 1.54) is 31.0 Å². The predicted molar refractivity (Wildman–Crippen MR) is 80.2 cm³/mol. The second kappa shape index (κ2) is 7.00. The fourth-order valence-electron chi connectivity index (χ4n) is 2.25. The summed E-state index contributed by atoms with van der Waals surface area (Å²) in [6.45, 7) is 8.68.